The van der Waals surface area contributed by atoms with Crippen LogP contribution in [0.15, 0.2) is 101 Å². The lowest BCUT2D eigenvalue weighted by atomic mass is 10.00. The van der Waals surface area contributed by atoms with E-state index in [1.165, 1.54) is 5.56 Å². The van der Waals surface area contributed by atoms with Crippen molar-refractivity contribution >= 4 is 0 Å². The van der Waals surface area contributed by atoms with E-state index in [0.717, 1.165) is 11.1 Å². The monoisotopic (exact) mass is 286 g/mol. The zero-order valence-corrected chi connectivity index (χ0v) is 12.3. The summed E-state index contributed by atoms with van der Waals surface area (Å²) in [6, 6.07) is 30.7. The maximum atomic E-state index is 4.58. The number of hydrogen-bond acceptors (Lipinski definition) is 2. The van der Waals surface area contributed by atoms with Gasteiger partial charge in [-0.3, -0.25) is 0 Å². The van der Waals surface area contributed by atoms with Gasteiger partial charge in [0.2, 0.25) is 0 Å². The third-order valence-electron chi connectivity index (χ3n) is 3.52. The molecule has 108 valence electrons. The summed E-state index contributed by atoms with van der Waals surface area (Å²) in [5.74, 6) is 0. The van der Waals surface area contributed by atoms with Gasteiger partial charge in [0.1, 0.15) is 6.04 Å². The Morgan fingerprint density at radius 1 is 0.591 bits per heavy atom. The van der Waals surface area contributed by atoms with E-state index in [2.05, 4.69) is 46.6 Å². The average Bonchev–Trinajstić information content (AvgIpc) is 2.61. The zero-order valence-electron chi connectivity index (χ0n) is 12.3. The SMILES string of the molecule is c1ccc(C/N=N/C(c2ccccc2)c2ccccc2)cc1. The van der Waals surface area contributed by atoms with Gasteiger partial charge < -0.3 is 0 Å². The second-order valence-electron chi connectivity index (χ2n) is 5.12. The molecule has 0 atom stereocenters. The third kappa shape index (κ3) is 3.67. The molecule has 0 fully saturated rings. The Morgan fingerprint density at radius 3 is 1.55 bits per heavy atom. The summed E-state index contributed by atoms with van der Waals surface area (Å²) in [4.78, 5) is 0. The van der Waals surface area contributed by atoms with E-state index in [1.807, 2.05) is 54.6 Å². The molecule has 0 bridgehead atoms. The zero-order chi connectivity index (χ0) is 15.0. The van der Waals surface area contributed by atoms with Gasteiger partial charge in [0.15, 0.2) is 0 Å². The van der Waals surface area contributed by atoms with E-state index >= 15 is 0 Å². The summed E-state index contributed by atoms with van der Waals surface area (Å²) in [5, 5.41) is 9.00. The van der Waals surface area contributed by atoms with Crippen molar-refractivity contribution in [3.05, 3.63) is 108 Å². The van der Waals surface area contributed by atoms with E-state index in [1.54, 1.807) is 0 Å². The highest BCUT2D eigenvalue weighted by Gasteiger charge is 2.12. The summed E-state index contributed by atoms with van der Waals surface area (Å²) < 4.78 is 0. The molecule has 0 saturated heterocycles. The first-order valence-electron chi connectivity index (χ1n) is 7.44. The lowest BCUT2D eigenvalue weighted by molar-refractivity contribution is 0.757. The quantitative estimate of drug-likeness (QED) is 0.559. The van der Waals surface area contributed by atoms with Crippen LogP contribution in [0, 0.1) is 0 Å². The Labute approximate surface area is 131 Å². The van der Waals surface area contributed by atoms with Crippen LogP contribution in [0.5, 0.6) is 0 Å². The lowest BCUT2D eigenvalue weighted by Gasteiger charge is -2.12. The Kier molecular flexibility index (Phi) is 4.73. The van der Waals surface area contributed by atoms with Crippen LogP contribution in [-0.4, -0.2) is 0 Å². The van der Waals surface area contributed by atoms with Gasteiger partial charge in [-0.2, -0.15) is 10.2 Å². The largest absolute Gasteiger partial charge is 0.188 e. The number of hydrogen-bond donors (Lipinski definition) is 0. The van der Waals surface area contributed by atoms with Crippen LogP contribution in [0.25, 0.3) is 0 Å². The van der Waals surface area contributed by atoms with Crippen LogP contribution >= 0.6 is 0 Å². The van der Waals surface area contributed by atoms with Gasteiger partial charge in [-0.25, -0.2) is 0 Å². The van der Waals surface area contributed by atoms with Crippen molar-refractivity contribution in [2.45, 2.75) is 12.6 Å². The Morgan fingerprint density at radius 2 is 1.05 bits per heavy atom. The molecule has 0 saturated carbocycles. The first kappa shape index (κ1) is 14.2. The highest BCUT2D eigenvalue weighted by atomic mass is 15.1. The summed E-state index contributed by atoms with van der Waals surface area (Å²) in [5.41, 5.74) is 3.49. The second-order valence-corrected chi connectivity index (χ2v) is 5.12. The van der Waals surface area contributed by atoms with Crippen LogP contribution in [0.4, 0.5) is 0 Å². The molecule has 0 aliphatic heterocycles. The molecule has 0 aliphatic carbocycles. The number of azo groups is 1. The van der Waals surface area contributed by atoms with Crippen molar-refractivity contribution < 1.29 is 0 Å². The smallest absolute Gasteiger partial charge is 0.121 e. The molecule has 0 radical (unpaired) electrons. The summed E-state index contributed by atoms with van der Waals surface area (Å²) >= 11 is 0. The molecule has 3 rings (SSSR count). The van der Waals surface area contributed by atoms with Crippen molar-refractivity contribution in [3.63, 3.8) is 0 Å². The Hall–Kier alpha value is -2.74. The molecule has 2 nitrogen and oxygen atoms in total. The number of nitrogens with zero attached hydrogens (tertiary/aromatic N) is 2. The van der Waals surface area contributed by atoms with E-state index in [4.69, 9.17) is 0 Å². The Bertz CT molecular complexity index is 667. The van der Waals surface area contributed by atoms with Crippen LogP contribution < -0.4 is 0 Å². The van der Waals surface area contributed by atoms with Gasteiger partial charge in [-0.15, -0.1) is 0 Å². The van der Waals surface area contributed by atoms with Gasteiger partial charge >= 0.3 is 0 Å². The maximum absolute atomic E-state index is 4.58. The van der Waals surface area contributed by atoms with Gasteiger partial charge in [0, 0.05) is 0 Å². The van der Waals surface area contributed by atoms with Crippen LogP contribution in [0.3, 0.4) is 0 Å². The molecule has 0 spiro atoms. The van der Waals surface area contributed by atoms with Gasteiger partial charge in [0.25, 0.3) is 0 Å². The summed E-state index contributed by atoms with van der Waals surface area (Å²) in [6.45, 7) is 0.608. The highest BCUT2D eigenvalue weighted by molar-refractivity contribution is 5.31. The van der Waals surface area contributed by atoms with Gasteiger partial charge in [-0.1, -0.05) is 91.0 Å². The molecule has 3 aromatic rings. The predicted molar refractivity (Wildman–Crippen MR) is 89.7 cm³/mol. The van der Waals surface area contributed by atoms with E-state index in [9.17, 15) is 0 Å². The molecule has 2 heteroatoms. The van der Waals surface area contributed by atoms with E-state index in [-0.39, 0.29) is 6.04 Å². The first-order valence-corrected chi connectivity index (χ1v) is 7.44. The normalized spacial score (nSPS) is 11.1. The van der Waals surface area contributed by atoms with Crippen molar-refractivity contribution in [2.75, 3.05) is 0 Å². The van der Waals surface area contributed by atoms with Crippen LogP contribution in [-0.2, 0) is 6.54 Å². The topological polar surface area (TPSA) is 24.7 Å². The molecular weight excluding hydrogens is 268 g/mol. The number of rotatable bonds is 5. The van der Waals surface area contributed by atoms with Crippen LogP contribution in [0.1, 0.15) is 22.7 Å². The van der Waals surface area contributed by atoms with Crippen molar-refractivity contribution in [3.8, 4) is 0 Å². The van der Waals surface area contributed by atoms with E-state index < -0.39 is 0 Å². The molecule has 0 amide bonds. The molecule has 0 aliphatic rings. The predicted octanol–water partition coefficient (Wildman–Crippen LogP) is 5.43. The van der Waals surface area contributed by atoms with E-state index in [0.29, 0.717) is 6.54 Å². The fraction of sp³-hybridized carbons (Fsp3) is 0.100. The first-order chi connectivity index (χ1) is 10.9. The summed E-state index contributed by atoms with van der Waals surface area (Å²) in [7, 11) is 0. The van der Waals surface area contributed by atoms with Crippen LogP contribution in [0.2, 0.25) is 0 Å². The molecule has 0 unspecified atom stereocenters. The molecule has 3 aromatic carbocycles. The minimum Gasteiger partial charge on any atom is -0.188 e. The van der Waals surface area contributed by atoms with Gasteiger partial charge in [0.05, 0.1) is 6.54 Å². The standard InChI is InChI=1S/C20H18N2/c1-4-10-17(11-5-1)16-21-22-20(18-12-6-2-7-13-18)19-14-8-3-9-15-19/h1-15,20H,16H2/b22-21+. The summed E-state index contributed by atoms with van der Waals surface area (Å²) in [6.07, 6.45) is 0. The van der Waals surface area contributed by atoms with Crippen molar-refractivity contribution in [1.29, 1.82) is 0 Å². The second kappa shape index (κ2) is 7.32. The third-order valence-corrected chi connectivity index (χ3v) is 3.52. The minimum absolute atomic E-state index is 0.0499. The van der Waals surface area contributed by atoms with Crippen molar-refractivity contribution in [2.24, 2.45) is 10.2 Å². The average molecular weight is 286 g/mol. The molecule has 22 heavy (non-hydrogen) atoms. The van der Waals surface area contributed by atoms with Crippen molar-refractivity contribution in [1.82, 2.24) is 0 Å². The molecule has 0 heterocycles. The highest BCUT2D eigenvalue weighted by Crippen LogP contribution is 2.26. The molecule has 0 N–H and O–H groups in total. The maximum Gasteiger partial charge on any atom is 0.121 e. The molecule has 0 aromatic heterocycles. The molecular formula is C20H18N2. The Balaban J connectivity index is 1.83. The number of benzene rings is 3. The fourth-order valence-electron chi connectivity index (χ4n) is 2.38. The minimum atomic E-state index is -0.0499. The van der Waals surface area contributed by atoms with Gasteiger partial charge in [-0.05, 0) is 16.7 Å². The lowest BCUT2D eigenvalue weighted by Crippen LogP contribution is -1.97. The fourth-order valence-corrected chi connectivity index (χ4v) is 2.38.